The number of thioether (sulfide) groups is 2. The van der Waals surface area contributed by atoms with Crippen molar-refractivity contribution in [3.05, 3.63) is 65.2 Å². The fraction of sp³-hybridized carbons (Fsp3) is 0.300. The molecule has 1 aliphatic heterocycles. The largest absolute Gasteiger partial charge is 0.497 e. The van der Waals surface area contributed by atoms with Gasteiger partial charge in [0.25, 0.3) is 0 Å². The Balaban J connectivity index is 1.54. The predicted octanol–water partition coefficient (Wildman–Crippen LogP) is 4.60. The van der Waals surface area contributed by atoms with Crippen molar-refractivity contribution in [1.29, 1.82) is 0 Å². The molecule has 0 amide bonds. The minimum atomic E-state index is -0.484. The Morgan fingerprint density at radius 3 is 2.19 bits per heavy atom. The van der Waals surface area contributed by atoms with Gasteiger partial charge in [0.2, 0.25) is 0 Å². The van der Waals surface area contributed by atoms with Crippen LogP contribution in [0.2, 0.25) is 0 Å². The number of carbonyl (C=O) groups is 2. The van der Waals surface area contributed by atoms with Crippen LogP contribution in [0.4, 0.5) is 0 Å². The van der Waals surface area contributed by atoms with Crippen LogP contribution < -0.4 is 4.74 Å². The highest BCUT2D eigenvalue weighted by Gasteiger charge is 2.17. The van der Waals surface area contributed by atoms with Crippen LogP contribution in [-0.2, 0) is 4.74 Å². The van der Waals surface area contributed by atoms with Crippen LogP contribution in [0.25, 0.3) is 0 Å². The zero-order valence-electron chi connectivity index (χ0n) is 14.5. The smallest absolute Gasteiger partial charge is 0.338 e. The fourth-order valence-corrected chi connectivity index (χ4v) is 5.43. The molecule has 0 aromatic heterocycles. The lowest BCUT2D eigenvalue weighted by atomic mass is 10.1. The first kappa shape index (κ1) is 18.9. The molecule has 136 valence electrons. The van der Waals surface area contributed by atoms with Gasteiger partial charge in [-0.1, -0.05) is 12.1 Å². The van der Waals surface area contributed by atoms with Gasteiger partial charge in [0.1, 0.15) is 5.75 Å². The van der Waals surface area contributed by atoms with E-state index in [0.717, 1.165) is 0 Å². The Hall–Kier alpha value is -1.92. The fourth-order valence-electron chi connectivity index (χ4n) is 2.53. The second kappa shape index (κ2) is 9.14. The molecule has 1 saturated heterocycles. The maximum Gasteiger partial charge on any atom is 0.338 e. The normalized spacial score (nSPS) is 14.7. The highest BCUT2D eigenvalue weighted by Crippen LogP contribution is 2.43. The van der Waals surface area contributed by atoms with Crippen molar-refractivity contribution in [3.63, 3.8) is 0 Å². The number of ketones is 1. The first-order chi connectivity index (χ1) is 12.7. The van der Waals surface area contributed by atoms with Crippen molar-refractivity contribution in [1.82, 2.24) is 0 Å². The summed E-state index contributed by atoms with van der Waals surface area (Å²) >= 11 is 3.88. The summed E-state index contributed by atoms with van der Waals surface area (Å²) in [7, 11) is 1.57. The molecule has 26 heavy (non-hydrogen) atoms. The van der Waals surface area contributed by atoms with E-state index in [1.165, 1.54) is 23.5 Å². The molecule has 4 nitrogen and oxygen atoms in total. The topological polar surface area (TPSA) is 52.6 Å². The van der Waals surface area contributed by atoms with Gasteiger partial charge in [0.15, 0.2) is 12.4 Å². The van der Waals surface area contributed by atoms with Gasteiger partial charge in [0, 0.05) is 5.56 Å². The van der Waals surface area contributed by atoms with Crippen molar-refractivity contribution < 1.29 is 19.1 Å². The molecule has 0 N–H and O–H groups in total. The molecule has 3 rings (SSSR count). The van der Waals surface area contributed by atoms with Gasteiger partial charge in [-0.25, -0.2) is 4.79 Å². The van der Waals surface area contributed by atoms with E-state index in [-0.39, 0.29) is 12.4 Å². The van der Waals surface area contributed by atoms with Crippen molar-refractivity contribution in [2.75, 3.05) is 25.2 Å². The average Bonchev–Trinajstić information content (AvgIpc) is 2.72. The number of ether oxygens (including phenoxy) is 2. The predicted molar refractivity (Wildman–Crippen MR) is 106 cm³/mol. The maximum absolute atomic E-state index is 12.2. The second-order valence-corrected chi connectivity index (χ2v) is 8.50. The van der Waals surface area contributed by atoms with E-state index in [1.54, 1.807) is 43.5 Å². The molecule has 1 heterocycles. The van der Waals surface area contributed by atoms with E-state index in [9.17, 15) is 9.59 Å². The van der Waals surface area contributed by atoms with Gasteiger partial charge in [-0.15, -0.1) is 23.5 Å². The van der Waals surface area contributed by atoms with Crippen LogP contribution in [0, 0.1) is 0 Å². The molecule has 0 spiro atoms. The Morgan fingerprint density at radius 2 is 1.58 bits per heavy atom. The van der Waals surface area contributed by atoms with Crippen molar-refractivity contribution in [3.8, 4) is 5.75 Å². The number of carbonyl (C=O) groups excluding carboxylic acids is 2. The summed E-state index contributed by atoms with van der Waals surface area (Å²) in [5.41, 5.74) is 2.16. The number of Topliss-reactive ketones (excluding diaryl/α,β-unsaturated/α-hetero) is 1. The van der Waals surface area contributed by atoms with Crippen LogP contribution >= 0.6 is 23.5 Å². The standard InChI is InChI=1S/C20H20O4S2/c1-23-17-9-7-14(8-10-17)18(21)13-24-19(22)15-3-5-16(6-4-15)20-25-11-2-12-26-20/h3-10,20H,2,11-13H2,1H3. The van der Waals surface area contributed by atoms with Crippen LogP contribution in [0.3, 0.4) is 0 Å². The van der Waals surface area contributed by atoms with E-state index in [4.69, 9.17) is 9.47 Å². The van der Waals surface area contributed by atoms with Gasteiger partial charge >= 0.3 is 5.97 Å². The molecule has 0 radical (unpaired) electrons. The number of rotatable bonds is 6. The van der Waals surface area contributed by atoms with Gasteiger partial charge < -0.3 is 9.47 Å². The molecule has 0 atom stereocenters. The number of esters is 1. The Bertz CT molecular complexity index is 750. The lowest BCUT2D eigenvalue weighted by Crippen LogP contribution is -2.14. The van der Waals surface area contributed by atoms with E-state index in [2.05, 4.69) is 0 Å². The molecule has 2 aromatic rings. The summed E-state index contributed by atoms with van der Waals surface area (Å²) in [6.45, 7) is -0.277. The summed E-state index contributed by atoms with van der Waals surface area (Å²) in [5, 5.41) is 0. The molecule has 2 aromatic carbocycles. The molecule has 0 saturated carbocycles. The molecule has 0 unspecified atom stereocenters. The molecule has 0 aliphatic carbocycles. The monoisotopic (exact) mass is 388 g/mol. The quantitative estimate of drug-likeness (QED) is 0.532. The maximum atomic E-state index is 12.2. The zero-order chi connectivity index (χ0) is 18.4. The van der Waals surface area contributed by atoms with Crippen LogP contribution in [0.5, 0.6) is 5.75 Å². The third kappa shape index (κ3) is 4.83. The van der Waals surface area contributed by atoms with Crippen LogP contribution in [0.1, 0.15) is 37.3 Å². The highest BCUT2D eigenvalue weighted by atomic mass is 32.2. The molecule has 1 fully saturated rings. The third-order valence-electron chi connectivity index (χ3n) is 3.99. The summed E-state index contributed by atoms with van der Waals surface area (Å²) < 4.78 is 10.7. The lowest BCUT2D eigenvalue weighted by molar-refractivity contribution is 0.0474. The van der Waals surface area contributed by atoms with Gasteiger partial charge in [-0.3, -0.25) is 4.79 Å². The number of hydrogen-bond acceptors (Lipinski definition) is 6. The number of benzene rings is 2. The molecular weight excluding hydrogens is 368 g/mol. The third-order valence-corrected chi connectivity index (χ3v) is 7.01. The van der Waals surface area contributed by atoms with E-state index >= 15 is 0 Å². The van der Waals surface area contributed by atoms with Crippen molar-refractivity contribution in [2.24, 2.45) is 0 Å². The van der Waals surface area contributed by atoms with Crippen LogP contribution in [0.15, 0.2) is 48.5 Å². The molecular formula is C20H20O4S2. The summed E-state index contributed by atoms with van der Waals surface area (Å²) in [5.74, 6) is 2.30. The first-order valence-corrected chi connectivity index (χ1v) is 10.4. The highest BCUT2D eigenvalue weighted by molar-refractivity contribution is 8.16. The Morgan fingerprint density at radius 1 is 0.962 bits per heavy atom. The van der Waals surface area contributed by atoms with Gasteiger partial charge in [-0.05, 0) is 59.9 Å². The molecule has 1 aliphatic rings. The van der Waals surface area contributed by atoms with E-state index in [1.807, 2.05) is 35.7 Å². The number of methoxy groups -OCH3 is 1. The Labute approximate surface area is 161 Å². The number of hydrogen-bond donors (Lipinski definition) is 0. The summed E-state index contributed by atoms with van der Waals surface area (Å²) in [4.78, 5) is 24.3. The minimum absolute atomic E-state index is 0.243. The molecule has 6 heteroatoms. The SMILES string of the molecule is COc1ccc(C(=O)COC(=O)c2ccc(C3SCCCS3)cc2)cc1. The second-order valence-electron chi connectivity index (χ2n) is 5.78. The van der Waals surface area contributed by atoms with Gasteiger partial charge in [0.05, 0.1) is 17.3 Å². The summed E-state index contributed by atoms with van der Waals surface area (Å²) in [6.07, 6.45) is 1.25. The minimum Gasteiger partial charge on any atom is -0.497 e. The van der Waals surface area contributed by atoms with E-state index in [0.29, 0.717) is 21.5 Å². The van der Waals surface area contributed by atoms with Crippen molar-refractivity contribution >= 4 is 35.3 Å². The van der Waals surface area contributed by atoms with Crippen molar-refractivity contribution in [2.45, 2.75) is 11.0 Å². The zero-order valence-corrected chi connectivity index (χ0v) is 16.1. The van der Waals surface area contributed by atoms with Gasteiger partial charge in [-0.2, -0.15) is 0 Å². The lowest BCUT2D eigenvalue weighted by Gasteiger charge is -2.21. The molecule has 0 bridgehead atoms. The Kier molecular flexibility index (Phi) is 6.63. The summed E-state index contributed by atoms with van der Waals surface area (Å²) in [6, 6.07) is 14.2. The first-order valence-electron chi connectivity index (χ1n) is 8.35. The average molecular weight is 389 g/mol. The van der Waals surface area contributed by atoms with E-state index < -0.39 is 5.97 Å². The van der Waals surface area contributed by atoms with Crippen LogP contribution in [-0.4, -0.2) is 37.0 Å².